The van der Waals surface area contributed by atoms with E-state index in [0.717, 1.165) is 60.7 Å². The molecule has 0 aromatic heterocycles. The molecule has 16 nitrogen and oxygen atoms in total. The van der Waals surface area contributed by atoms with Crippen molar-refractivity contribution < 1.29 is 97.7 Å². The van der Waals surface area contributed by atoms with Gasteiger partial charge in [-0.2, -0.15) is 53.4 Å². The number of nitrogens with two attached hydrogens (primary N) is 2. The van der Waals surface area contributed by atoms with Crippen molar-refractivity contribution in [2.75, 3.05) is 0 Å². The van der Waals surface area contributed by atoms with Crippen molar-refractivity contribution in [2.45, 2.75) is 47.4 Å². The van der Waals surface area contributed by atoms with Crippen molar-refractivity contribution in [3.8, 4) is 22.6 Å². The van der Waals surface area contributed by atoms with Crippen molar-refractivity contribution in [1.29, 1.82) is 0 Å². The van der Waals surface area contributed by atoms with Crippen LogP contribution in [0.3, 0.4) is 0 Å². The van der Waals surface area contributed by atoms with Gasteiger partial charge in [-0.05, 0) is 34.4 Å². The van der Waals surface area contributed by atoms with Gasteiger partial charge in [0.15, 0.2) is 9.49 Å². The lowest BCUT2D eigenvalue weighted by Gasteiger charge is -2.38. The number of alkyl halides is 12. The summed E-state index contributed by atoms with van der Waals surface area (Å²) in [5, 5.41) is 6.41. The minimum Gasteiger partial charge on any atom is -0.405 e. The number of nitrogens with zero attached hydrogens (tertiary/aromatic N) is 4. The van der Waals surface area contributed by atoms with Gasteiger partial charge in [-0.15, -0.1) is 26.3 Å². The van der Waals surface area contributed by atoms with Crippen LogP contribution in [0, 0.1) is 0 Å². The average Bonchev–Trinajstić information content (AvgIpc) is 3.21. The van der Waals surface area contributed by atoms with Gasteiger partial charge >= 0.3 is 36.9 Å². The molecule has 0 saturated carbocycles. The third-order valence-electron chi connectivity index (χ3n) is 10.3. The molecule has 4 aromatic carbocycles. The number of benzene rings is 4. The van der Waals surface area contributed by atoms with Gasteiger partial charge in [-0.1, -0.05) is 72.8 Å². The van der Waals surface area contributed by atoms with Crippen LogP contribution in [0.15, 0.2) is 105 Å². The average molecular weight is 1020 g/mol. The number of rotatable bonds is 7. The summed E-state index contributed by atoms with van der Waals surface area (Å²) in [6.45, 7) is 0. The number of carbonyl (C=O) groups excluding carboxylic acids is 2. The lowest BCUT2D eigenvalue weighted by atomic mass is 9.75. The number of hydrogen-bond acceptors (Lipinski definition) is 12. The number of aliphatic imine (C=N–C) groups is 2. The summed E-state index contributed by atoms with van der Waals surface area (Å²) < 4.78 is 243. The molecule has 0 fully saturated rings. The highest BCUT2D eigenvalue weighted by Gasteiger charge is 2.57. The molecule has 2 atom stereocenters. The Balaban J connectivity index is 1.65. The van der Waals surface area contributed by atoms with Crippen molar-refractivity contribution >= 4 is 54.9 Å². The molecule has 6 N–H and O–H groups in total. The smallest absolute Gasteiger partial charge is 0.405 e. The van der Waals surface area contributed by atoms with E-state index in [9.17, 15) is 88.2 Å². The maximum absolute atomic E-state index is 14.2. The van der Waals surface area contributed by atoms with Crippen molar-refractivity contribution in [2.24, 2.45) is 31.9 Å². The topological polar surface area (TPSA) is 263 Å². The maximum atomic E-state index is 14.2. The lowest BCUT2D eigenvalue weighted by Crippen LogP contribution is -2.47. The monoisotopic (exact) mass is 1020 g/mol. The Morgan fingerprint density at radius 1 is 0.529 bits per heavy atom. The fourth-order valence-electron chi connectivity index (χ4n) is 7.73. The summed E-state index contributed by atoms with van der Waals surface area (Å²) in [4.78, 5) is 29.8. The molecule has 4 aromatic rings. The van der Waals surface area contributed by atoms with Gasteiger partial charge in [0.25, 0.3) is 20.2 Å². The zero-order valence-corrected chi connectivity index (χ0v) is 34.6. The summed E-state index contributed by atoms with van der Waals surface area (Å²) in [6, 6.07) is 10.7. The van der Waals surface area contributed by atoms with E-state index in [1.165, 1.54) is 0 Å². The molecular formula is C38H24F12N6O10S2. The van der Waals surface area contributed by atoms with E-state index in [1.807, 2.05) is 0 Å². The molecule has 0 spiro atoms. The number of hydrogen-bond donors (Lipinski definition) is 4. The van der Waals surface area contributed by atoms with Gasteiger partial charge in [-0.25, -0.2) is 9.98 Å². The zero-order valence-electron chi connectivity index (χ0n) is 33.0. The van der Waals surface area contributed by atoms with Gasteiger partial charge in [0.2, 0.25) is 0 Å². The summed E-state index contributed by atoms with van der Waals surface area (Å²) in [7, 11) is -11.8. The fraction of sp³-hybridized carbons (Fsp3) is 0.211. The Kier molecular flexibility index (Phi) is 12.6. The van der Waals surface area contributed by atoms with Crippen LogP contribution in [0.25, 0.3) is 11.1 Å². The van der Waals surface area contributed by atoms with E-state index >= 15 is 0 Å². The molecule has 0 aliphatic heterocycles. The number of hydrazone groups is 2. The highest BCUT2D eigenvalue weighted by molar-refractivity contribution is 7.87. The second-order valence-electron chi connectivity index (χ2n) is 14.2. The quantitative estimate of drug-likeness (QED) is 0.0660. The number of carbonyl (C=O) groups is 2. The van der Waals surface area contributed by atoms with Gasteiger partial charge < -0.3 is 21.2 Å². The predicted molar refractivity (Wildman–Crippen MR) is 210 cm³/mol. The largest absolute Gasteiger partial charge is 0.573 e. The second-order valence-corrected chi connectivity index (χ2v) is 17.5. The molecule has 0 saturated heterocycles. The standard InChI is InChI=1S/C38H24F12N6O10S2/c39-35(40,41)31(57)53-29-19-5-1-3-7-21(19)33(67(59,60)61,15-25(29)55-51)23-11-9-17(13-27(23)65-37(45,46)47)18-10-12-24(28(14-18)66-38(48,49)50)34(68(62,63)64)16-26(56-52)30(54-32(58)36(42,43)44)20-6-2-4-8-22(20)34/h1-14H,15-16,51-52H2,(H,59,60,61)(H,62,63,64)/b53-29?,54-30?,55-25-,56-26+. The SMILES string of the molecule is N/N=C1/CC(c2ccc(-c3ccc(C4(S(=O)(=O)O)C/C(=N\N)C(=NC(=O)C(F)(F)F)c5ccccc54)c(OC(F)(F)F)c3)cc2OC(F)(F)F)(S(=O)(=O)O)c2ccccc2C1=NC(=O)C(F)(F)F. The van der Waals surface area contributed by atoms with E-state index in [1.54, 1.807) is 0 Å². The summed E-state index contributed by atoms with van der Waals surface area (Å²) in [6.07, 6.45) is -25.7. The Morgan fingerprint density at radius 2 is 0.853 bits per heavy atom. The van der Waals surface area contributed by atoms with Crippen LogP contribution < -0.4 is 21.2 Å². The third-order valence-corrected chi connectivity index (χ3v) is 13.3. The van der Waals surface area contributed by atoms with E-state index in [0.29, 0.717) is 24.3 Å². The summed E-state index contributed by atoms with van der Waals surface area (Å²) in [5.74, 6) is 2.10. The van der Waals surface area contributed by atoms with E-state index < -0.39 is 158 Å². The van der Waals surface area contributed by atoms with Crippen LogP contribution in [0.5, 0.6) is 11.5 Å². The zero-order chi connectivity index (χ0) is 50.8. The Bertz CT molecular complexity index is 2910. The first-order valence-corrected chi connectivity index (χ1v) is 21.0. The van der Waals surface area contributed by atoms with Crippen molar-refractivity contribution in [3.63, 3.8) is 0 Å². The van der Waals surface area contributed by atoms with Gasteiger partial charge in [0.05, 0.1) is 22.8 Å². The predicted octanol–water partition coefficient (Wildman–Crippen LogP) is 6.61. The van der Waals surface area contributed by atoms with Crippen LogP contribution in [0.2, 0.25) is 0 Å². The molecule has 0 bridgehead atoms. The molecule has 2 aliphatic rings. The first-order chi connectivity index (χ1) is 31.2. The molecule has 0 heterocycles. The Morgan fingerprint density at radius 3 is 1.13 bits per heavy atom. The van der Waals surface area contributed by atoms with Gasteiger partial charge in [-0.3, -0.25) is 18.7 Å². The van der Waals surface area contributed by atoms with E-state index in [2.05, 4.69) is 29.7 Å². The molecule has 30 heteroatoms. The molecule has 362 valence electrons. The third kappa shape index (κ3) is 9.21. The maximum Gasteiger partial charge on any atom is 0.573 e. The van der Waals surface area contributed by atoms with Crippen LogP contribution in [0.4, 0.5) is 52.7 Å². The van der Waals surface area contributed by atoms with E-state index in [-0.39, 0.29) is 0 Å². The highest BCUT2D eigenvalue weighted by atomic mass is 32.2. The first-order valence-electron chi connectivity index (χ1n) is 18.1. The number of amides is 2. The van der Waals surface area contributed by atoms with Crippen LogP contribution in [-0.2, 0) is 39.3 Å². The number of fused-ring (bicyclic) bond motifs is 2. The van der Waals surface area contributed by atoms with Crippen molar-refractivity contribution in [1.82, 2.24) is 0 Å². The molecule has 6 rings (SSSR count). The summed E-state index contributed by atoms with van der Waals surface area (Å²) >= 11 is 0. The Labute approximate surface area is 372 Å². The van der Waals surface area contributed by atoms with E-state index in [4.69, 9.17) is 11.7 Å². The fourth-order valence-corrected chi connectivity index (χ4v) is 10.2. The molecule has 68 heavy (non-hydrogen) atoms. The second kappa shape index (κ2) is 17.0. The number of ether oxygens (including phenoxy) is 2. The molecule has 2 aliphatic carbocycles. The van der Waals surface area contributed by atoms with Gasteiger partial charge in [0, 0.05) is 35.1 Å². The van der Waals surface area contributed by atoms with Gasteiger partial charge in [0.1, 0.15) is 11.5 Å². The minimum atomic E-state index is -5.92. The number of halogens is 12. The normalized spacial score (nSPS) is 21.7. The lowest BCUT2D eigenvalue weighted by molar-refractivity contribution is -0.276. The Hall–Kier alpha value is -6.92. The highest BCUT2D eigenvalue weighted by Crippen LogP contribution is 2.53. The first kappa shape index (κ1) is 50.5. The van der Waals surface area contributed by atoms with Crippen LogP contribution >= 0.6 is 0 Å². The minimum absolute atomic E-state index is 0.356. The molecule has 0 radical (unpaired) electrons. The van der Waals surface area contributed by atoms with Crippen LogP contribution in [0.1, 0.15) is 46.2 Å². The van der Waals surface area contributed by atoms with Crippen LogP contribution in [-0.4, -0.2) is 85.7 Å². The molecule has 2 amide bonds. The van der Waals surface area contributed by atoms with Crippen molar-refractivity contribution in [3.05, 3.63) is 118 Å². The molecular weight excluding hydrogens is 993 g/mol. The molecule has 2 unspecified atom stereocenters. The summed E-state index contributed by atoms with van der Waals surface area (Å²) in [5.41, 5.74) is -10.7.